The van der Waals surface area contributed by atoms with Gasteiger partial charge in [0, 0.05) is 0 Å². The second-order valence-electron chi connectivity index (χ2n) is 2.48. The fourth-order valence-corrected chi connectivity index (χ4v) is 0.940. The Hall–Kier alpha value is -1.86. The molecule has 0 amide bonds. The summed E-state index contributed by atoms with van der Waals surface area (Å²) in [7, 11) is 0. The molecule has 0 heterocycles. The Labute approximate surface area is 80.4 Å². The summed E-state index contributed by atoms with van der Waals surface area (Å²) in [6.07, 6.45) is 0. The van der Waals surface area contributed by atoms with Gasteiger partial charge in [0.25, 0.3) is 0 Å². The van der Waals surface area contributed by atoms with Gasteiger partial charge in [-0.05, 0) is 12.1 Å². The SMILES string of the molecule is NCC#Cc1cccc(C(=O)O)c1F. The fraction of sp³-hybridized carbons (Fsp3) is 0.100. The summed E-state index contributed by atoms with van der Waals surface area (Å²) in [5.41, 5.74) is 4.78. The minimum atomic E-state index is -1.31. The maximum absolute atomic E-state index is 13.3. The van der Waals surface area contributed by atoms with Gasteiger partial charge in [0.05, 0.1) is 17.7 Å². The lowest BCUT2D eigenvalue weighted by atomic mass is 10.1. The largest absolute Gasteiger partial charge is 0.478 e. The summed E-state index contributed by atoms with van der Waals surface area (Å²) in [5, 5.41) is 8.60. The Morgan fingerprint density at radius 1 is 1.57 bits per heavy atom. The van der Waals surface area contributed by atoms with Crippen molar-refractivity contribution in [1.29, 1.82) is 0 Å². The number of carboxylic acids is 1. The van der Waals surface area contributed by atoms with Crippen molar-refractivity contribution in [1.82, 2.24) is 0 Å². The molecule has 0 aliphatic rings. The average Bonchev–Trinajstić information content (AvgIpc) is 2.16. The molecule has 0 atom stereocenters. The van der Waals surface area contributed by atoms with Crippen LogP contribution in [-0.4, -0.2) is 17.6 Å². The predicted molar refractivity (Wildman–Crippen MR) is 49.3 cm³/mol. The molecule has 3 nitrogen and oxygen atoms in total. The monoisotopic (exact) mass is 193 g/mol. The fourth-order valence-electron chi connectivity index (χ4n) is 0.940. The summed E-state index contributed by atoms with van der Waals surface area (Å²) in [6.45, 7) is 0.108. The number of nitrogens with two attached hydrogens (primary N) is 1. The summed E-state index contributed by atoms with van der Waals surface area (Å²) < 4.78 is 13.3. The van der Waals surface area contributed by atoms with Crippen LogP contribution < -0.4 is 5.73 Å². The van der Waals surface area contributed by atoms with Crippen LogP contribution in [0.1, 0.15) is 15.9 Å². The number of aromatic carboxylic acids is 1. The Balaban J connectivity index is 3.20. The molecular weight excluding hydrogens is 185 g/mol. The standard InChI is InChI=1S/C10H8FNO2/c11-9-7(4-2-6-12)3-1-5-8(9)10(13)14/h1,3,5H,6,12H2,(H,13,14). The van der Waals surface area contributed by atoms with Crippen molar-refractivity contribution in [2.45, 2.75) is 0 Å². The Kier molecular flexibility index (Phi) is 3.21. The first-order valence-electron chi connectivity index (χ1n) is 3.87. The maximum atomic E-state index is 13.3. The molecule has 1 rings (SSSR count). The van der Waals surface area contributed by atoms with Crippen molar-refractivity contribution < 1.29 is 14.3 Å². The molecule has 0 aliphatic heterocycles. The number of carbonyl (C=O) groups is 1. The van der Waals surface area contributed by atoms with Crippen molar-refractivity contribution in [3.63, 3.8) is 0 Å². The number of hydrogen-bond acceptors (Lipinski definition) is 2. The van der Waals surface area contributed by atoms with Crippen molar-refractivity contribution in [3.8, 4) is 11.8 Å². The molecule has 0 unspecified atom stereocenters. The zero-order valence-corrected chi connectivity index (χ0v) is 7.25. The van der Waals surface area contributed by atoms with Crippen LogP contribution in [0.2, 0.25) is 0 Å². The van der Waals surface area contributed by atoms with Crippen molar-refractivity contribution in [2.24, 2.45) is 5.73 Å². The molecule has 1 aromatic carbocycles. The second-order valence-corrected chi connectivity index (χ2v) is 2.48. The van der Waals surface area contributed by atoms with E-state index in [2.05, 4.69) is 11.8 Å². The van der Waals surface area contributed by atoms with Crippen LogP contribution in [0.3, 0.4) is 0 Å². The quantitative estimate of drug-likeness (QED) is 0.649. The highest BCUT2D eigenvalue weighted by Gasteiger charge is 2.11. The van der Waals surface area contributed by atoms with Gasteiger partial charge in [0.1, 0.15) is 0 Å². The normalized spacial score (nSPS) is 9.00. The van der Waals surface area contributed by atoms with Gasteiger partial charge in [0.2, 0.25) is 0 Å². The Morgan fingerprint density at radius 3 is 2.86 bits per heavy atom. The molecule has 14 heavy (non-hydrogen) atoms. The molecule has 0 saturated carbocycles. The summed E-state index contributed by atoms with van der Waals surface area (Å²) in [4.78, 5) is 10.5. The van der Waals surface area contributed by atoms with E-state index in [1.807, 2.05) is 0 Å². The number of hydrogen-bond donors (Lipinski definition) is 2. The lowest BCUT2D eigenvalue weighted by Crippen LogP contribution is -2.02. The van der Waals surface area contributed by atoms with Crippen molar-refractivity contribution in [3.05, 3.63) is 35.1 Å². The highest BCUT2D eigenvalue weighted by Crippen LogP contribution is 2.11. The van der Waals surface area contributed by atoms with E-state index in [0.29, 0.717) is 0 Å². The van der Waals surface area contributed by atoms with Crippen LogP contribution in [0.4, 0.5) is 4.39 Å². The first-order chi connectivity index (χ1) is 6.66. The molecule has 72 valence electrons. The third kappa shape index (κ3) is 2.09. The van der Waals surface area contributed by atoms with Gasteiger partial charge in [0.15, 0.2) is 5.82 Å². The first-order valence-corrected chi connectivity index (χ1v) is 3.87. The van der Waals surface area contributed by atoms with Crippen molar-refractivity contribution >= 4 is 5.97 Å². The Bertz CT molecular complexity index is 418. The van der Waals surface area contributed by atoms with Crippen LogP contribution in [0.25, 0.3) is 0 Å². The molecule has 4 heteroatoms. The summed E-state index contributed by atoms with van der Waals surface area (Å²) in [5.74, 6) is 2.79. The number of rotatable bonds is 1. The third-order valence-corrected chi connectivity index (χ3v) is 1.55. The van der Waals surface area contributed by atoms with Gasteiger partial charge in [-0.1, -0.05) is 17.9 Å². The highest BCUT2D eigenvalue weighted by atomic mass is 19.1. The lowest BCUT2D eigenvalue weighted by molar-refractivity contribution is 0.0692. The minimum absolute atomic E-state index is 0.0513. The second kappa shape index (κ2) is 4.40. The van der Waals surface area contributed by atoms with E-state index in [1.165, 1.54) is 18.2 Å². The van der Waals surface area contributed by atoms with Gasteiger partial charge >= 0.3 is 5.97 Å². The molecule has 1 aromatic rings. The van der Waals surface area contributed by atoms with Gasteiger partial charge < -0.3 is 10.8 Å². The zero-order chi connectivity index (χ0) is 10.6. The molecule has 0 fully saturated rings. The summed E-state index contributed by atoms with van der Waals surface area (Å²) in [6, 6.07) is 4.03. The van der Waals surface area contributed by atoms with Gasteiger partial charge in [-0.3, -0.25) is 0 Å². The van der Waals surface area contributed by atoms with E-state index >= 15 is 0 Å². The molecule has 0 bridgehead atoms. The van der Waals surface area contributed by atoms with Crippen LogP contribution in [0.5, 0.6) is 0 Å². The Morgan fingerprint density at radius 2 is 2.29 bits per heavy atom. The van der Waals surface area contributed by atoms with E-state index in [-0.39, 0.29) is 17.7 Å². The van der Waals surface area contributed by atoms with E-state index in [1.54, 1.807) is 0 Å². The van der Waals surface area contributed by atoms with E-state index in [4.69, 9.17) is 10.8 Å². The van der Waals surface area contributed by atoms with E-state index < -0.39 is 11.8 Å². The predicted octanol–water partition coefficient (Wildman–Crippen LogP) is 0.834. The number of halogens is 1. The molecule has 0 aliphatic carbocycles. The van der Waals surface area contributed by atoms with E-state index in [0.717, 1.165) is 0 Å². The van der Waals surface area contributed by atoms with Gasteiger partial charge in [-0.2, -0.15) is 0 Å². The molecular formula is C10H8FNO2. The van der Waals surface area contributed by atoms with E-state index in [9.17, 15) is 9.18 Å². The summed E-state index contributed by atoms with van der Waals surface area (Å²) >= 11 is 0. The minimum Gasteiger partial charge on any atom is -0.478 e. The maximum Gasteiger partial charge on any atom is 0.338 e. The topological polar surface area (TPSA) is 63.3 Å². The first kappa shape index (κ1) is 10.2. The molecule has 0 aromatic heterocycles. The van der Waals surface area contributed by atoms with Gasteiger partial charge in [-0.15, -0.1) is 0 Å². The van der Waals surface area contributed by atoms with Crippen LogP contribution in [0.15, 0.2) is 18.2 Å². The van der Waals surface area contributed by atoms with Crippen LogP contribution in [0, 0.1) is 17.7 Å². The highest BCUT2D eigenvalue weighted by molar-refractivity contribution is 5.88. The van der Waals surface area contributed by atoms with Crippen molar-refractivity contribution in [2.75, 3.05) is 6.54 Å². The van der Waals surface area contributed by atoms with Crippen LogP contribution >= 0.6 is 0 Å². The molecule has 0 saturated heterocycles. The lowest BCUT2D eigenvalue weighted by Gasteiger charge is -1.98. The third-order valence-electron chi connectivity index (χ3n) is 1.55. The molecule has 3 N–H and O–H groups in total. The number of benzene rings is 1. The van der Waals surface area contributed by atoms with Gasteiger partial charge in [-0.25, -0.2) is 9.18 Å². The zero-order valence-electron chi connectivity index (χ0n) is 7.25. The van der Waals surface area contributed by atoms with Crippen LogP contribution in [-0.2, 0) is 0 Å². The average molecular weight is 193 g/mol. The molecule has 0 spiro atoms. The number of carboxylic acid groups (broad SMARTS) is 1. The smallest absolute Gasteiger partial charge is 0.338 e. The molecule has 0 radical (unpaired) electrons.